The van der Waals surface area contributed by atoms with Crippen LogP contribution in [-0.4, -0.2) is 35.3 Å². The molecule has 19 heavy (non-hydrogen) atoms. The molecule has 0 spiro atoms. The van der Waals surface area contributed by atoms with Gasteiger partial charge in [0.05, 0.1) is 0 Å². The zero-order valence-electron chi connectivity index (χ0n) is 10.4. The van der Waals surface area contributed by atoms with Crippen LogP contribution in [0.25, 0.3) is 0 Å². The van der Waals surface area contributed by atoms with Crippen molar-refractivity contribution in [1.29, 1.82) is 0 Å². The standard InChI is InChI=1S/C13H14N2O4/c1-2-15(9-6-4-3-5-7-9)12(16)11-8-10(13(17)18)14-19-11/h3-7,11H,2,8H2,1H3,(H,17,18). The Hall–Kier alpha value is -2.37. The SMILES string of the molecule is CCN(C(=O)C1CC(C(=O)O)=NO1)c1ccccc1. The highest BCUT2D eigenvalue weighted by Crippen LogP contribution is 2.19. The van der Waals surface area contributed by atoms with Crippen LogP contribution in [0.3, 0.4) is 0 Å². The molecule has 0 fully saturated rings. The summed E-state index contributed by atoms with van der Waals surface area (Å²) in [6.45, 7) is 2.32. The van der Waals surface area contributed by atoms with Crippen molar-refractivity contribution in [3.8, 4) is 0 Å². The Bertz CT molecular complexity index is 513. The largest absolute Gasteiger partial charge is 0.477 e. The van der Waals surface area contributed by atoms with Crippen LogP contribution in [0.15, 0.2) is 35.5 Å². The van der Waals surface area contributed by atoms with Gasteiger partial charge in [-0.15, -0.1) is 0 Å². The minimum absolute atomic E-state index is 0.00248. The Balaban J connectivity index is 2.10. The molecule has 0 aromatic heterocycles. The van der Waals surface area contributed by atoms with E-state index in [2.05, 4.69) is 5.16 Å². The van der Waals surface area contributed by atoms with Crippen molar-refractivity contribution in [2.75, 3.05) is 11.4 Å². The van der Waals surface area contributed by atoms with E-state index in [4.69, 9.17) is 9.94 Å². The van der Waals surface area contributed by atoms with E-state index in [1.165, 1.54) is 0 Å². The average molecular weight is 262 g/mol. The first-order chi connectivity index (χ1) is 9.13. The van der Waals surface area contributed by atoms with Gasteiger partial charge in [-0.2, -0.15) is 0 Å². The number of nitrogens with zero attached hydrogens (tertiary/aromatic N) is 2. The van der Waals surface area contributed by atoms with E-state index in [0.29, 0.717) is 6.54 Å². The minimum atomic E-state index is -1.15. The fourth-order valence-corrected chi connectivity index (χ4v) is 1.88. The number of carbonyl (C=O) groups excluding carboxylic acids is 1. The van der Waals surface area contributed by atoms with Crippen LogP contribution in [0.2, 0.25) is 0 Å². The van der Waals surface area contributed by atoms with E-state index >= 15 is 0 Å². The van der Waals surface area contributed by atoms with E-state index in [-0.39, 0.29) is 18.0 Å². The van der Waals surface area contributed by atoms with Gasteiger partial charge in [0.2, 0.25) is 6.10 Å². The lowest BCUT2D eigenvalue weighted by atomic mass is 10.1. The van der Waals surface area contributed by atoms with Gasteiger partial charge in [-0.3, -0.25) is 4.79 Å². The molecule has 1 aliphatic rings. The molecular weight excluding hydrogens is 248 g/mol. The van der Waals surface area contributed by atoms with E-state index < -0.39 is 12.1 Å². The highest BCUT2D eigenvalue weighted by Gasteiger charge is 2.34. The Morgan fingerprint density at radius 3 is 2.63 bits per heavy atom. The van der Waals surface area contributed by atoms with Crippen molar-refractivity contribution in [2.24, 2.45) is 5.16 Å². The summed E-state index contributed by atoms with van der Waals surface area (Å²) in [7, 11) is 0. The fraction of sp³-hybridized carbons (Fsp3) is 0.308. The first-order valence-corrected chi connectivity index (χ1v) is 5.96. The number of aliphatic carboxylic acids is 1. The zero-order chi connectivity index (χ0) is 13.8. The second-order valence-electron chi connectivity index (χ2n) is 4.06. The van der Waals surface area contributed by atoms with Gasteiger partial charge in [-0.25, -0.2) is 4.79 Å². The number of carboxylic acid groups (broad SMARTS) is 1. The first kappa shape index (κ1) is 13.1. The smallest absolute Gasteiger partial charge is 0.353 e. The molecule has 1 heterocycles. The number of benzene rings is 1. The first-order valence-electron chi connectivity index (χ1n) is 5.96. The molecule has 2 rings (SSSR count). The number of likely N-dealkylation sites (N-methyl/N-ethyl adjacent to an activating group) is 1. The Morgan fingerprint density at radius 2 is 2.11 bits per heavy atom. The molecule has 6 nitrogen and oxygen atoms in total. The van der Waals surface area contributed by atoms with Crippen LogP contribution < -0.4 is 4.90 Å². The number of para-hydroxylation sites is 1. The number of oxime groups is 1. The van der Waals surface area contributed by atoms with Crippen LogP contribution in [-0.2, 0) is 14.4 Å². The van der Waals surface area contributed by atoms with Gasteiger partial charge in [0.25, 0.3) is 5.91 Å². The number of hydrogen-bond acceptors (Lipinski definition) is 4. The number of carboxylic acids is 1. The number of amides is 1. The highest BCUT2D eigenvalue weighted by atomic mass is 16.6. The average Bonchev–Trinajstić information content (AvgIpc) is 2.90. The van der Waals surface area contributed by atoms with Crippen molar-refractivity contribution < 1.29 is 19.5 Å². The molecule has 0 saturated heterocycles. The van der Waals surface area contributed by atoms with Crippen molar-refractivity contribution in [3.05, 3.63) is 30.3 Å². The number of rotatable bonds is 4. The highest BCUT2D eigenvalue weighted by molar-refractivity contribution is 6.36. The molecule has 0 bridgehead atoms. The Kier molecular flexibility index (Phi) is 3.79. The van der Waals surface area contributed by atoms with Crippen molar-refractivity contribution in [2.45, 2.75) is 19.4 Å². The third kappa shape index (κ3) is 2.73. The summed E-state index contributed by atoms with van der Waals surface area (Å²) >= 11 is 0. The lowest BCUT2D eigenvalue weighted by molar-refractivity contribution is -0.129. The molecule has 0 radical (unpaired) electrons. The molecule has 1 amide bonds. The molecule has 1 aliphatic heterocycles. The molecule has 1 unspecified atom stereocenters. The van der Waals surface area contributed by atoms with Crippen LogP contribution in [0.5, 0.6) is 0 Å². The fourth-order valence-electron chi connectivity index (χ4n) is 1.88. The van der Waals surface area contributed by atoms with E-state index in [0.717, 1.165) is 5.69 Å². The van der Waals surface area contributed by atoms with Crippen molar-refractivity contribution in [3.63, 3.8) is 0 Å². The molecule has 1 aromatic rings. The number of anilines is 1. The van der Waals surface area contributed by atoms with Gasteiger partial charge in [-0.1, -0.05) is 23.4 Å². The monoisotopic (exact) mass is 262 g/mol. The molecule has 1 atom stereocenters. The lowest BCUT2D eigenvalue weighted by Crippen LogP contribution is -2.39. The maximum Gasteiger partial charge on any atom is 0.353 e. The summed E-state index contributed by atoms with van der Waals surface area (Å²) in [5.41, 5.74) is 0.629. The molecule has 1 N–H and O–H groups in total. The molecule has 0 saturated carbocycles. The van der Waals surface area contributed by atoms with Gasteiger partial charge in [-0.05, 0) is 19.1 Å². The second-order valence-corrected chi connectivity index (χ2v) is 4.06. The quantitative estimate of drug-likeness (QED) is 0.886. The van der Waals surface area contributed by atoms with Crippen LogP contribution in [0.1, 0.15) is 13.3 Å². The third-order valence-corrected chi connectivity index (χ3v) is 2.84. The lowest BCUT2D eigenvalue weighted by Gasteiger charge is -2.23. The van der Waals surface area contributed by atoms with Gasteiger partial charge >= 0.3 is 5.97 Å². The number of hydrogen-bond donors (Lipinski definition) is 1. The van der Waals surface area contributed by atoms with Gasteiger partial charge < -0.3 is 14.8 Å². The molecule has 0 aliphatic carbocycles. The minimum Gasteiger partial charge on any atom is -0.477 e. The summed E-state index contributed by atoms with van der Waals surface area (Å²) in [5, 5.41) is 12.2. The van der Waals surface area contributed by atoms with E-state index in [9.17, 15) is 9.59 Å². The van der Waals surface area contributed by atoms with E-state index in [1.54, 1.807) is 4.90 Å². The maximum atomic E-state index is 12.3. The van der Waals surface area contributed by atoms with Crippen molar-refractivity contribution in [1.82, 2.24) is 0 Å². The summed E-state index contributed by atoms with van der Waals surface area (Å²) in [6, 6.07) is 9.16. The Morgan fingerprint density at radius 1 is 1.42 bits per heavy atom. The predicted molar refractivity (Wildman–Crippen MR) is 69.0 cm³/mol. The molecule has 1 aromatic carbocycles. The third-order valence-electron chi connectivity index (χ3n) is 2.84. The summed E-state index contributed by atoms with van der Waals surface area (Å²) < 4.78 is 0. The van der Waals surface area contributed by atoms with Crippen LogP contribution in [0.4, 0.5) is 5.69 Å². The molecular formula is C13H14N2O4. The molecule has 6 heteroatoms. The van der Waals surface area contributed by atoms with Gasteiger partial charge in [0.1, 0.15) is 0 Å². The summed E-state index contributed by atoms with van der Waals surface area (Å²) in [6.07, 6.45) is -0.858. The van der Waals surface area contributed by atoms with Gasteiger partial charge in [0, 0.05) is 18.7 Å². The van der Waals surface area contributed by atoms with Crippen LogP contribution in [0, 0.1) is 0 Å². The predicted octanol–water partition coefficient (Wildman–Crippen LogP) is 1.27. The summed E-state index contributed by atoms with van der Waals surface area (Å²) in [5.74, 6) is -1.44. The van der Waals surface area contributed by atoms with Crippen molar-refractivity contribution >= 4 is 23.3 Å². The van der Waals surface area contributed by atoms with E-state index in [1.807, 2.05) is 37.3 Å². The second kappa shape index (κ2) is 5.51. The summed E-state index contributed by atoms with van der Waals surface area (Å²) in [4.78, 5) is 29.5. The zero-order valence-corrected chi connectivity index (χ0v) is 10.4. The topological polar surface area (TPSA) is 79.2 Å². The van der Waals surface area contributed by atoms with Crippen LogP contribution >= 0.6 is 0 Å². The van der Waals surface area contributed by atoms with Gasteiger partial charge in [0.15, 0.2) is 5.71 Å². The number of carbonyl (C=O) groups is 2. The maximum absolute atomic E-state index is 12.3. The molecule has 100 valence electrons. The normalized spacial score (nSPS) is 17.5. The Labute approximate surface area is 110 Å².